The minimum atomic E-state index is 0.0411. The van der Waals surface area contributed by atoms with Gasteiger partial charge in [0.25, 0.3) is 5.91 Å². The molecule has 1 aliphatic rings. The smallest absolute Gasteiger partial charge is 0.268 e. The summed E-state index contributed by atoms with van der Waals surface area (Å²) in [5, 5.41) is 7.52. The van der Waals surface area contributed by atoms with Gasteiger partial charge in [0.1, 0.15) is 4.88 Å². The van der Waals surface area contributed by atoms with Crippen LogP contribution in [-0.2, 0) is 13.0 Å². The molecule has 2 aromatic heterocycles. The quantitative estimate of drug-likeness (QED) is 0.900. The summed E-state index contributed by atoms with van der Waals surface area (Å²) in [6, 6.07) is 6.06. The van der Waals surface area contributed by atoms with E-state index < -0.39 is 0 Å². The number of nitrogens with zero attached hydrogens (tertiary/aromatic N) is 4. The maximum atomic E-state index is 13.2. The zero-order valence-electron chi connectivity index (χ0n) is 13.9. The van der Waals surface area contributed by atoms with Crippen molar-refractivity contribution in [3.63, 3.8) is 0 Å². The average molecular weight is 345 g/mol. The molecule has 1 fully saturated rings. The molecule has 3 rings (SSSR count). The van der Waals surface area contributed by atoms with E-state index in [1.54, 1.807) is 6.20 Å². The van der Waals surface area contributed by atoms with Gasteiger partial charge in [-0.15, -0.1) is 5.10 Å². The van der Waals surface area contributed by atoms with Gasteiger partial charge in [0.2, 0.25) is 0 Å². The van der Waals surface area contributed by atoms with E-state index in [-0.39, 0.29) is 11.9 Å². The van der Waals surface area contributed by atoms with Gasteiger partial charge >= 0.3 is 0 Å². The summed E-state index contributed by atoms with van der Waals surface area (Å²) in [6.07, 6.45) is 5.56. The second-order valence-corrected chi connectivity index (χ2v) is 6.75. The zero-order valence-corrected chi connectivity index (χ0v) is 14.8. The van der Waals surface area contributed by atoms with E-state index in [2.05, 4.69) is 19.9 Å². The lowest BCUT2D eigenvalue weighted by atomic mass is 10.1. The van der Waals surface area contributed by atoms with Crippen molar-refractivity contribution < 1.29 is 4.79 Å². The molecule has 0 aliphatic carbocycles. The van der Waals surface area contributed by atoms with E-state index in [4.69, 9.17) is 0 Å². The van der Waals surface area contributed by atoms with E-state index in [9.17, 15) is 4.79 Å². The van der Waals surface area contributed by atoms with Crippen LogP contribution in [0, 0.1) is 0 Å². The highest BCUT2D eigenvalue weighted by Crippen LogP contribution is 2.22. The normalized spacial score (nSPS) is 18.1. The third-order valence-corrected chi connectivity index (χ3v) is 5.15. The Bertz CT molecular complexity index is 652. The Hall–Kier alpha value is -1.86. The first kappa shape index (κ1) is 17.0. The predicted octanol–water partition coefficient (Wildman–Crippen LogP) is 2.28. The topological polar surface area (TPSA) is 71.0 Å². The summed E-state index contributed by atoms with van der Waals surface area (Å²) in [6.45, 7) is 4.50. The molecular formula is C17H23N5OS. The van der Waals surface area contributed by atoms with Crippen LogP contribution in [-0.4, -0.2) is 44.5 Å². The van der Waals surface area contributed by atoms with Crippen molar-refractivity contribution in [3.05, 3.63) is 40.7 Å². The fourth-order valence-electron chi connectivity index (χ4n) is 3.08. The summed E-state index contributed by atoms with van der Waals surface area (Å²) >= 11 is 1.20. The molecule has 6 nitrogen and oxygen atoms in total. The lowest BCUT2D eigenvalue weighted by molar-refractivity contribution is 0.0646. The SMILES string of the molecule is CCc1nnsc1C(=O)N(Cc1ccccn1)C1CCCNCC1. The van der Waals surface area contributed by atoms with Crippen LogP contribution < -0.4 is 5.32 Å². The van der Waals surface area contributed by atoms with Crippen LogP contribution in [0.3, 0.4) is 0 Å². The van der Waals surface area contributed by atoms with Crippen LogP contribution in [0.5, 0.6) is 0 Å². The molecule has 128 valence electrons. The summed E-state index contributed by atoms with van der Waals surface area (Å²) in [5.74, 6) is 0.0411. The van der Waals surface area contributed by atoms with E-state index in [0.29, 0.717) is 11.4 Å². The maximum absolute atomic E-state index is 13.2. The van der Waals surface area contributed by atoms with Gasteiger partial charge in [0.05, 0.1) is 17.9 Å². The molecule has 0 saturated carbocycles. The molecule has 0 bridgehead atoms. The molecule has 1 amide bonds. The molecule has 1 N–H and O–H groups in total. The van der Waals surface area contributed by atoms with E-state index in [0.717, 1.165) is 50.2 Å². The molecular weight excluding hydrogens is 322 g/mol. The van der Waals surface area contributed by atoms with Crippen LogP contribution in [0.1, 0.15) is 47.2 Å². The molecule has 3 heterocycles. The summed E-state index contributed by atoms with van der Waals surface area (Å²) in [4.78, 5) is 20.3. The molecule has 7 heteroatoms. The Kier molecular flexibility index (Phi) is 5.87. The molecule has 24 heavy (non-hydrogen) atoms. The van der Waals surface area contributed by atoms with Crippen LogP contribution in [0.25, 0.3) is 0 Å². The summed E-state index contributed by atoms with van der Waals surface area (Å²) in [5.41, 5.74) is 1.71. The molecule has 1 unspecified atom stereocenters. The number of pyridine rings is 1. The van der Waals surface area contributed by atoms with Gasteiger partial charge in [0, 0.05) is 12.2 Å². The van der Waals surface area contributed by atoms with Crippen molar-refractivity contribution in [2.75, 3.05) is 13.1 Å². The van der Waals surface area contributed by atoms with Gasteiger partial charge in [-0.2, -0.15) is 0 Å². The highest BCUT2D eigenvalue weighted by atomic mass is 32.1. The van der Waals surface area contributed by atoms with Gasteiger partial charge in [-0.05, 0) is 62.4 Å². The Morgan fingerprint density at radius 2 is 2.29 bits per heavy atom. The van der Waals surface area contributed by atoms with Crippen molar-refractivity contribution in [2.45, 2.75) is 45.2 Å². The minimum absolute atomic E-state index is 0.0411. The first-order valence-corrected chi connectivity index (χ1v) is 9.29. The van der Waals surface area contributed by atoms with Crippen LogP contribution in [0.15, 0.2) is 24.4 Å². The van der Waals surface area contributed by atoms with Crippen molar-refractivity contribution in [3.8, 4) is 0 Å². The van der Waals surface area contributed by atoms with Gasteiger partial charge < -0.3 is 10.2 Å². The Morgan fingerprint density at radius 1 is 1.38 bits per heavy atom. The fourth-order valence-corrected chi connectivity index (χ4v) is 3.78. The Morgan fingerprint density at radius 3 is 3.08 bits per heavy atom. The summed E-state index contributed by atoms with van der Waals surface area (Å²) in [7, 11) is 0. The number of carbonyl (C=O) groups excluding carboxylic acids is 1. The Balaban J connectivity index is 1.87. The average Bonchev–Trinajstić information content (AvgIpc) is 2.94. The molecule has 1 saturated heterocycles. The number of hydrogen-bond donors (Lipinski definition) is 1. The van der Waals surface area contributed by atoms with E-state index >= 15 is 0 Å². The lowest BCUT2D eigenvalue weighted by Gasteiger charge is -2.30. The second-order valence-electron chi connectivity index (χ2n) is 5.99. The molecule has 1 aliphatic heterocycles. The molecule has 0 aromatic carbocycles. The second kappa shape index (κ2) is 8.30. The minimum Gasteiger partial charge on any atom is -0.329 e. The van der Waals surface area contributed by atoms with Crippen molar-refractivity contribution >= 4 is 17.4 Å². The third-order valence-electron chi connectivity index (χ3n) is 4.39. The van der Waals surface area contributed by atoms with Gasteiger partial charge in [0.15, 0.2) is 0 Å². The molecule has 0 spiro atoms. The molecule has 0 radical (unpaired) electrons. The van der Waals surface area contributed by atoms with Crippen molar-refractivity contribution in [1.29, 1.82) is 0 Å². The predicted molar refractivity (Wildman–Crippen MR) is 93.9 cm³/mol. The molecule has 2 aromatic rings. The van der Waals surface area contributed by atoms with Gasteiger partial charge in [-0.3, -0.25) is 9.78 Å². The number of carbonyl (C=O) groups is 1. The zero-order chi connectivity index (χ0) is 16.8. The Labute approximate surface area is 146 Å². The number of aromatic nitrogens is 3. The molecule has 1 atom stereocenters. The number of nitrogens with one attached hydrogen (secondary N) is 1. The highest BCUT2D eigenvalue weighted by Gasteiger charge is 2.29. The van der Waals surface area contributed by atoms with Crippen molar-refractivity contribution in [1.82, 2.24) is 24.8 Å². The van der Waals surface area contributed by atoms with Crippen LogP contribution >= 0.6 is 11.5 Å². The van der Waals surface area contributed by atoms with Gasteiger partial charge in [-0.25, -0.2) is 0 Å². The first-order chi connectivity index (χ1) is 11.8. The highest BCUT2D eigenvalue weighted by molar-refractivity contribution is 7.08. The van der Waals surface area contributed by atoms with E-state index in [1.165, 1.54) is 11.5 Å². The first-order valence-electron chi connectivity index (χ1n) is 8.52. The van der Waals surface area contributed by atoms with Crippen LogP contribution in [0.4, 0.5) is 0 Å². The number of hydrogen-bond acceptors (Lipinski definition) is 6. The lowest BCUT2D eigenvalue weighted by Crippen LogP contribution is -2.40. The summed E-state index contributed by atoms with van der Waals surface area (Å²) < 4.78 is 3.98. The fraction of sp³-hybridized carbons (Fsp3) is 0.529. The van der Waals surface area contributed by atoms with Crippen molar-refractivity contribution in [2.24, 2.45) is 0 Å². The van der Waals surface area contributed by atoms with E-state index in [1.807, 2.05) is 30.0 Å². The number of rotatable bonds is 5. The number of amides is 1. The standard InChI is InChI=1S/C17H23N5OS/c1-2-15-16(24-21-20-15)17(23)22(12-13-6-3-4-10-19-13)14-7-5-9-18-11-8-14/h3-4,6,10,14,18H,2,5,7-9,11-12H2,1H3. The largest absolute Gasteiger partial charge is 0.329 e. The van der Waals surface area contributed by atoms with Gasteiger partial charge in [-0.1, -0.05) is 17.5 Å². The number of aryl methyl sites for hydroxylation is 1. The monoisotopic (exact) mass is 345 g/mol. The third kappa shape index (κ3) is 3.96. The van der Waals surface area contributed by atoms with Crippen LogP contribution in [0.2, 0.25) is 0 Å². The maximum Gasteiger partial charge on any atom is 0.268 e.